The fourth-order valence-electron chi connectivity index (χ4n) is 1.23. The second-order valence-corrected chi connectivity index (χ2v) is 4.21. The van der Waals surface area contributed by atoms with E-state index in [0.717, 1.165) is 6.07 Å². The molecular formula is C11H9FN2O2S. The zero-order valence-corrected chi connectivity index (χ0v) is 9.54. The summed E-state index contributed by atoms with van der Waals surface area (Å²) < 4.78 is 17.9. The van der Waals surface area contributed by atoms with Gasteiger partial charge >= 0.3 is 5.97 Å². The number of ether oxygens (including phenoxy) is 1. The lowest BCUT2D eigenvalue weighted by molar-refractivity contribution is 0.0473. The molecule has 0 fully saturated rings. The van der Waals surface area contributed by atoms with Crippen LogP contribution in [0.1, 0.15) is 15.4 Å². The van der Waals surface area contributed by atoms with Crippen LogP contribution < -0.4 is 5.73 Å². The Morgan fingerprint density at radius 1 is 1.53 bits per heavy atom. The van der Waals surface area contributed by atoms with E-state index in [4.69, 9.17) is 10.5 Å². The summed E-state index contributed by atoms with van der Waals surface area (Å²) >= 11 is 1.37. The van der Waals surface area contributed by atoms with E-state index in [0.29, 0.717) is 5.01 Å². The Balaban J connectivity index is 2.07. The van der Waals surface area contributed by atoms with Gasteiger partial charge in [0.1, 0.15) is 17.4 Å². The second kappa shape index (κ2) is 4.92. The SMILES string of the molecule is Nc1ccc(F)cc1C(=O)OCc1nccs1. The first-order valence-corrected chi connectivity index (χ1v) is 5.65. The molecule has 0 amide bonds. The molecule has 0 radical (unpaired) electrons. The van der Waals surface area contributed by atoms with Crippen molar-refractivity contribution in [2.45, 2.75) is 6.61 Å². The largest absolute Gasteiger partial charge is 0.455 e. The number of benzene rings is 1. The first kappa shape index (κ1) is 11.5. The first-order chi connectivity index (χ1) is 8.16. The first-order valence-electron chi connectivity index (χ1n) is 4.77. The molecule has 0 bridgehead atoms. The van der Waals surface area contributed by atoms with Gasteiger partial charge in [0.2, 0.25) is 0 Å². The lowest BCUT2D eigenvalue weighted by Gasteiger charge is -2.05. The van der Waals surface area contributed by atoms with E-state index in [2.05, 4.69) is 4.98 Å². The highest BCUT2D eigenvalue weighted by atomic mass is 32.1. The van der Waals surface area contributed by atoms with Crippen LogP contribution in [0.25, 0.3) is 0 Å². The third-order valence-electron chi connectivity index (χ3n) is 2.05. The van der Waals surface area contributed by atoms with E-state index < -0.39 is 11.8 Å². The van der Waals surface area contributed by atoms with Crippen LogP contribution >= 0.6 is 11.3 Å². The van der Waals surface area contributed by atoms with Crippen molar-refractivity contribution in [1.29, 1.82) is 0 Å². The van der Waals surface area contributed by atoms with Crippen LogP contribution in [-0.2, 0) is 11.3 Å². The van der Waals surface area contributed by atoms with E-state index in [-0.39, 0.29) is 17.9 Å². The van der Waals surface area contributed by atoms with Crippen molar-refractivity contribution < 1.29 is 13.9 Å². The fourth-order valence-corrected chi connectivity index (χ4v) is 1.76. The maximum atomic E-state index is 12.9. The van der Waals surface area contributed by atoms with Gasteiger partial charge in [0.25, 0.3) is 0 Å². The average molecular weight is 252 g/mol. The number of carbonyl (C=O) groups excluding carboxylic acids is 1. The Kier molecular flexibility index (Phi) is 3.34. The maximum Gasteiger partial charge on any atom is 0.340 e. The van der Waals surface area contributed by atoms with Gasteiger partial charge in [-0.25, -0.2) is 14.2 Å². The summed E-state index contributed by atoms with van der Waals surface area (Å²) in [5.74, 6) is -1.18. The van der Waals surface area contributed by atoms with Crippen molar-refractivity contribution in [3.8, 4) is 0 Å². The van der Waals surface area contributed by atoms with Crippen molar-refractivity contribution in [2.24, 2.45) is 0 Å². The number of thiazole rings is 1. The summed E-state index contributed by atoms with van der Waals surface area (Å²) in [6.07, 6.45) is 1.62. The van der Waals surface area contributed by atoms with Gasteiger partial charge in [-0.2, -0.15) is 0 Å². The van der Waals surface area contributed by atoms with Crippen molar-refractivity contribution >= 4 is 23.0 Å². The smallest absolute Gasteiger partial charge is 0.340 e. The Morgan fingerprint density at radius 3 is 3.06 bits per heavy atom. The Hall–Kier alpha value is -1.95. The van der Waals surface area contributed by atoms with Crippen LogP contribution in [0.3, 0.4) is 0 Å². The van der Waals surface area contributed by atoms with E-state index in [1.54, 1.807) is 11.6 Å². The molecule has 2 N–H and O–H groups in total. The van der Waals surface area contributed by atoms with Crippen molar-refractivity contribution in [3.63, 3.8) is 0 Å². The number of nitrogens with two attached hydrogens (primary N) is 1. The molecule has 4 nitrogen and oxygen atoms in total. The molecule has 0 aliphatic heterocycles. The van der Waals surface area contributed by atoms with Gasteiger partial charge < -0.3 is 10.5 Å². The molecule has 1 aromatic heterocycles. The summed E-state index contributed by atoms with van der Waals surface area (Å²) in [4.78, 5) is 15.6. The second-order valence-electron chi connectivity index (χ2n) is 3.23. The number of nitrogens with zero attached hydrogens (tertiary/aromatic N) is 1. The lowest BCUT2D eigenvalue weighted by atomic mass is 10.2. The molecule has 0 saturated carbocycles. The van der Waals surface area contributed by atoms with Gasteiger partial charge in [0.05, 0.1) is 5.56 Å². The van der Waals surface area contributed by atoms with Gasteiger partial charge in [-0.3, -0.25) is 0 Å². The number of halogens is 1. The monoisotopic (exact) mass is 252 g/mol. The topological polar surface area (TPSA) is 65.2 Å². The number of rotatable bonds is 3. The van der Waals surface area contributed by atoms with Gasteiger partial charge in [0.15, 0.2) is 0 Å². The number of hydrogen-bond donors (Lipinski definition) is 1. The third-order valence-corrected chi connectivity index (χ3v) is 2.80. The summed E-state index contributed by atoms with van der Waals surface area (Å²) in [5.41, 5.74) is 5.78. The van der Waals surface area contributed by atoms with Crippen LogP contribution in [0.15, 0.2) is 29.8 Å². The van der Waals surface area contributed by atoms with Crippen molar-refractivity contribution in [2.75, 3.05) is 5.73 Å². The zero-order chi connectivity index (χ0) is 12.3. The zero-order valence-electron chi connectivity index (χ0n) is 8.72. The van der Waals surface area contributed by atoms with Crippen molar-refractivity contribution in [3.05, 3.63) is 46.2 Å². The van der Waals surface area contributed by atoms with E-state index >= 15 is 0 Å². The Morgan fingerprint density at radius 2 is 2.35 bits per heavy atom. The van der Waals surface area contributed by atoms with Crippen LogP contribution in [0.5, 0.6) is 0 Å². The molecule has 0 spiro atoms. The minimum absolute atomic E-state index is 0.0292. The Bertz CT molecular complexity index is 528. The minimum Gasteiger partial charge on any atom is -0.455 e. The molecule has 0 saturated heterocycles. The predicted molar refractivity (Wildman–Crippen MR) is 62.0 cm³/mol. The number of esters is 1. The summed E-state index contributed by atoms with van der Waals surface area (Å²) in [7, 11) is 0. The molecule has 0 atom stereocenters. The molecule has 0 unspecified atom stereocenters. The van der Waals surface area contributed by atoms with Gasteiger partial charge in [-0.05, 0) is 18.2 Å². The molecule has 2 rings (SSSR count). The van der Waals surface area contributed by atoms with Crippen LogP contribution in [0.2, 0.25) is 0 Å². The molecule has 88 valence electrons. The van der Waals surface area contributed by atoms with Gasteiger partial charge in [-0.15, -0.1) is 11.3 Å². The number of carbonyl (C=O) groups is 1. The molecule has 17 heavy (non-hydrogen) atoms. The lowest BCUT2D eigenvalue weighted by Crippen LogP contribution is -2.08. The molecule has 6 heteroatoms. The van der Waals surface area contributed by atoms with Crippen LogP contribution in [-0.4, -0.2) is 11.0 Å². The van der Waals surface area contributed by atoms with Gasteiger partial charge in [0, 0.05) is 17.3 Å². The molecule has 2 aromatic rings. The van der Waals surface area contributed by atoms with Gasteiger partial charge in [-0.1, -0.05) is 0 Å². The molecule has 1 heterocycles. The highest BCUT2D eigenvalue weighted by molar-refractivity contribution is 7.09. The van der Waals surface area contributed by atoms with Crippen molar-refractivity contribution in [1.82, 2.24) is 4.98 Å². The van der Waals surface area contributed by atoms with E-state index in [1.807, 2.05) is 0 Å². The van der Waals surface area contributed by atoms with Crippen LogP contribution in [0.4, 0.5) is 10.1 Å². The molecule has 0 aliphatic carbocycles. The maximum absolute atomic E-state index is 12.9. The number of anilines is 1. The highest BCUT2D eigenvalue weighted by Crippen LogP contribution is 2.15. The standard InChI is InChI=1S/C11H9FN2O2S/c12-7-1-2-9(13)8(5-7)11(15)16-6-10-14-3-4-17-10/h1-5H,6,13H2. The minimum atomic E-state index is -0.655. The molecular weight excluding hydrogens is 243 g/mol. The fraction of sp³-hybridized carbons (Fsp3) is 0.0909. The third kappa shape index (κ3) is 2.79. The quantitative estimate of drug-likeness (QED) is 0.672. The number of aromatic nitrogens is 1. The normalized spacial score (nSPS) is 10.2. The average Bonchev–Trinajstić information content (AvgIpc) is 2.82. The van der Waals surface area contributed by atoms with E-state index in [9.17, 15) is 9.18 Å². The predicted octanol–water partition coefficient (Wildman–Crippen LogP) is 2.22. The number of nitrogen functional groups attached to an aromatic ring is 1. The van der Waals surface area contributed by atoms with E-state index in [1.165, 1.54) is 23.5 Å². The number of hydrogen-bond acceptors (Lipinski definition) is 5. The molecule has 0 aliphatic rings. The summed E-state index contributed by atoms with van der Waals surface area (Å²) in [6, 6.07) is 3.57. The highest BCUT2D eigenvalue weighted by Gasteiger charge is 2.12. The summed E-state index contributed by atoms with van der Waals surface area (Å²) in [5, 5.41) is 2.45. The molecule has 1 aromatic carbocycles. The van der Waals surface area contributed by atoms with Crippen LogP contribution in [0, 0.1) is 5.82 Å². The summed E-state index contributed by atoms with van der Waals surface area (Å²) in [6.45, 7) is 0.0620. The Labute approximate surface area is 101 Å².